The van der Waals surface area contributed by atoms with Crippen LogP contribution in [-0.2, 0) is 11.8 Å². The quantitative estimate of drug-likeness (QED) is 0.550. The molecule has 1 unspecified atom stereocenters. The highest BCUT2D eigenvalue weighted by atomic mass is 19.2. The molecule has 1 aromatic carbocycles. The molecule has 9 nitrogen and oxygen atoms in total. The molecule has 3 heterocycles. The van der Waals surface area contributed by atoms with Gasteiger partial charge >= 0.3 is 0 Å². The molecule has 12 heteroatoms. The molecule has 0 saturated heterocycles. The lowest BCUT2D eigenvalue weighted by molar-refractivity contribution is -0.117. The maximum Gasteiger partial charge on any atom is 0.252 e. The number of amides is 1. The Labute approximate surface area is 192 Å². The lowest BCUT2D eigenvalue weighted by Crippen LogP contribution is -2.43. The van der Waals surface area contributed by atoms with Crippen molar-refractivity contribution in [2.45, 2.75) is 38.0 Å². The first-order valence-corrected chi connectivity index (χ1v) is 10.7. The van der Waals surface area contributed by atoms with Crippen LogP contribution in [0.3, 0.4) is 0 Å². The first kappa shape index (κ1) is 22.0. The Bertz CT molecular complexity index is 1250. The van der Waals surface area contributed by atoms with E-state index in [0.717, 1.165) is 17.7 Å². The molecule has 5 rings (SSSR count). The minimum Gasteiger partial charge on any atom is -0.490 e. The van der Waals surface area contributed by atoms with Crippen molar-refractivity contribution in [3.8, 4) is 5.75 Å². The summed E-state index contributed by atoms with van der Waals surface area (Å²) in [6.07, 6.45) is 4.24. The number of aromatic nitrogens is 4. The zero-order valence-corrected chi connectivity index (χ0v) is 18.6. The number of carbonyl (C=O) groups is 1. The lowest BCUT2D eigenvalue weighted by atomic mass is 9.89. The van der Waals surface area contributed by atoms with E-state index < -0.39 is 23.5 Å². The molecule has 2 aliphatic rings. The van der Waals surface area contributed by atoms with Gasteiger partial charge in [-0.1, -0.05) is 0 Å². The number of nitrogens with one attached hydrogen (secondary N) is 2. The average Bonchev–Trinajstić information content (AvgIpc) is 3.17. The van der Waals surface area contributed by atoms with Crippen molar-refractivity contribution in [2.24, 2.45) is 7.05 Å². The summed E-state index contributed by atoms with van der Waals surface area (Å²) in [5.41, 5.74) is 1.90. The van der Waals surface area contributed by atoms with Crippen LogP contribution < -0.4 is 20.3 Å². The first-order valence-electron chi connectivity index (χ1n) is 10.7. The molecule has 0 spiro atoms. The summed E-state index contributed by atoms with van der Waals surface area (Å²) in [7, 11) is 3.57. The summed E-state index contributed by atoms with van der Waals surface area (Å²) >= 11 is 0. The molecule has 1 amide bonds. The van der Waals surface area contributed by atoms with Crippen LogP contribution in [0, 0.1) is 24.4 Å². The van der Waals surface area contributed by atoms with Crippen molar-refractivity contribution in [3.63, 3.8) is 0 Å². The molecule has 1 fully saturated rings. The van der Waals surface area contributed by atoms with Crippen LogP contribution in [0.5, 0.6) is 5.75 Å². The van der Waals surface area contributed by atoms with Crippen LogP contribution in [-0.4, -0.2) is 44.8 Å². The number of anilines is 3. The third kappa shape index (κ3) is 3.88. The van der Waals surface area contributed by atoms with Gasteiger partial charge in [0.1, 0.15) is 23.6 Å². The van der Waals surface area contributed by atoms with Gasteiger partial charge in [-0.15, -0.1) is 0 Å². The highest BCUT2D eigenvalue weighted by Gasteiger charge is 2.36. The number of aryl methyl sites for hydroxylation is 2. The third-order valence-corrected chi connectivity index (χ3v) is 6.02. The molecule has 178 valence electrons. The number of hydrogen-bond donors (Lipinski definition) is 2. The summed E-state index contributed by atoms with van der Waals surface area (Å²) in [6.45, 7) is 1.79. The number of likely N-dealkylation sites (N-methyl/N-ethyl adjacent to an activating group) is 1. The van der Waals surface area contributed by atoms with Gasteiger partial charge in [0.05, 0.1) is 11.9 Å². The minimum atomic E-state index is -1.52. The van der Waals surface area contributed by atoms with Crippen molar-refractivity contribution >= 4 is 23.4 Å². The molecule has 0 radical (unpaired) electrons. The Hall–Kier alpha value is -3.83. The number of ether oxygens (including phenoxy) is 1. The fourth-order valence-electron chi connectivity index (χ4n) is 4.22. The van der Waals surface area contributed by atoms with Gasteiger partial charge in [0.15, 0.2) is 23.3 Å². The molecule has 2 aromatic heterocycles. The van der Waals surface area contributed by atoms with Crippen molar-refractivity contribution < 1.29 is 22.7 Å². The predicted molar refractivity (Wildman–Crippen MR) is 117 cm³/mol. The van der Waals surface area contributed by atoms with E-state index in [1.165, 1.54) is 0 Å². The van der Waals surface area contributed by atoms with E-state index in [2.05, 4.69) is 25.7 Å². The molecule has 0 bridgehead atoms. The van der Waals surface area contributed by atoms with E-state index in [1.54, 1.807) is 43.0 Å². The van der Waals surface area contributed by atoms with E-state index in [-0.39, 0.29) is 23.8 Å². The summed E-state index contributed by atoms with van der Waals surface area (Å²) in [4.78, 5) is 23.6. The zero-order chi connectivity index (χ0) is 24.1. The second-order valence-electron chi connectivity index (χ2n) is 8.53. The fourth-order valence-corrected chi connectivity index (χ4v) is 4.22. The number of nitrogens with zero attached hydrogens (tertiary/aromatic N) is 5. The van der Waals surface area contributed by atoms with Crippen molar-refractivity contribution in [1.82, 2.24) is 19.7 Å². The van der Waals surface area contributed by atoms with Crippen molar-refractivity contribution in [3.05, 3.63) is 53.2 Å². The van der Waals surface area contributed by atoms with Crippen LogP contribution in [0.2, 0.25) is 0 Å². The average molecular weight is 473 g/mol. The number of rotatable bonds is 5. The smallest absolute Gasteiger partial charge is 0.252 e. The van der Waals surface area contributed by atoms with E-state index in [9.17, 15) is 18.0 Å². The maximum absolute atomic E-state index is 13.4. The Morgan fingerprint density at radius 3 is 2.50 bits per heavy atom. The van der Waals surface area contributed by atoms with Gasteiger partial charge in [-0.3, -0.25) is 9.48 Å². The number of halogens is 3. The van der Waals surface area contributed by atoms with Crippen LogP contribution in [0.15, 0.2) is 24.5 Å². The molecule has 1 aliphatic heterocycles. The van der Waals surface area contributed by atoms with E-state index in [1.807, 2.05) is 0 Å². The van der Waals surface area contributed by atoms with Gasteiger partial charge in [-0.05, 0) is 6.92 Å². The Kier molecular flexibility index (Phi) is 5.29. The summed E-state index contributed by atoms with van der Waals surface area (Å²) in [5.74, 6) is -3.38. The Morgan fingerprint density at radius 1 is 1.15 bits per heavy atom. The summed E-state index contributed by atoms with van der Waals surface area (Å²) in [5, 5.41) is 10.3. The highest BCUT2D eigenvalue weighted by molar-refractivity contribution is 6.03. The minimum absolute atomic E-state index is 0.0183. The van der Waals surface area contributed by atoms with Crippen LogP contribution in [0.1, 0.15) is 30.1 Å². The maximum atomic E-state index is 13.4. The van der Waals surface area contributed by atoms with E-state index in [0.29, 0.717) is 36.0 Å². The largest absolute Gasteiger partial charge is 0.490 e. The van der Waals surface area contributed by atoms with Gasteiger partial charge in [-0.2, -0.15) is 10.1 Å². The summed E-state index contributed by atoms with van der Waals surface area (Å²) < 4.78 is 47.1. The first-order chi connectivity index (χ1) is 16.2. The molecule has 2 N–H and O–H groups in total. The van der Waals surface area contributed by atoms with Crippen LogP contribution >= 0.6 is 0 Å². The highest BCUT2D eigenvalue weighted by Crippen LogP contribution is 2.38. The Morgan fingerprint density at radius 2 is 1.85 bits per heavy atom. The molecule has 3 aromatic rings. The van der Waals surface area contributed by atoms with Gasteiger partial charge in [0.2, 0.25) is 5.95 Å². The SMILES string of the molecule is Cc1nc(N[C@H]2C[C@H](Oc3cc(F)c(F)c(F)c3)C2)nc2c1NC(=O)C(c1cnn(C)c1)N2C. The third-order valence-electron chi connectivity index (χ3n) is 6.02. The van der Waals surface area contributed by atoms with E-state index in [4.69, 9.17) is 4.74 Å². The number of hydrogen-bond acceptors (Lipinski definition) is 7. The second kappa shape index (κ2) is 8.19. The molecule has 1 saturated carbocycles. The predicted octanol–water partition coefficient (Wildman–Crippen LogP) is 3.09. The van der Waals surface area contributed by atoms with Crippen molar-refractivity contribution in [1.29, 1.82) is 0 Å². The molecular weight excluding hydrogens is 451 g/mol. The Balaban J connectivity index is 1.27. The van der Waals surface area contributed by atoms with Gasteiger partial charge in [0.25, 0.3) is 5.91 Å². The monoisotopic (exact) mass is 473 g/mol. The lowest BCUT2D eigenvalue weighted by Gasteiger charge is -2.37. The van der Waals surface area contributed by atoms with Crippen LogP contribution in [0.25, 0.3) is 0 Å². The summed E-state index contributed by atoms with van der Waals surface area (Å²) in [6, 6.07) is 1.06. The molecule has 34 heavy (non-hydrogen) atoms. The number of fused-ring (bicyclic) bond motifs is 1. The number of carbonyl (C=O) groups excluding carboxylic acids is 1. The zero-order valence-electron chi connectivity index (χ0n) is 18.6. The van der Waals surface area contributed by atoms with Crippen LogP contribution in [0.4, 0.5) is 30.6 Å². The van der Waals surface area contributed by atoms with E-state index >= 15 is 0 Å². The van der Waals surface area contributed by atoms with Gasteiger partial charge in [-0.25, -0.2) is 18.2 Å². The fraction of sp³-hybridized carbons (Fsp3) is 0.364. The number of benzene rings is 1. The van der Waals surface area contributed by atoms with Gasteiger partial charge < -0.3 is 20.3 Å². The van der Waals surface area contributed by atoms with Crippen molar-refractivity contribution in [2.75, 3.05) is 22.6 Å². The molecule has 1 atom stereocenters. The topological polar surface area (TPSA) is 97.2 Å². The standard InChI is InChI=1S/C22H22F3N7O2/c1-10-18-20(32(3)19(21(33)29-18)11-8-26-31(2)9-11)30-22(27-10)28-12-4-13(5-12)34-14-6-15(23)17(25)16(24)7-14/h6-9,12-13,19H,4-5H2,1-3H3,(H,29,33)(H,27,28,30)/t12-,13-,19?. The van der Waals surface area contributed by atoms with Gasteiger partial charge in [0, 0.05) is 56.9 Å². The molecular formula is C22H22F3N7O2. The normalized spacial score (nSPS) is 21.5. The molecule has 1 aliphatic carbocycles. The second-order valence-corrected chi connectivity index (χ2v) is 8.53.